The van der Waals surface area contributed by atoms with Crippen molar-refractivity contribution in [1.82, 2.24) is 24.6 Å². The van der Waals surface area contributed by atoms with Gasteiger partial charge in [0.05, 0.1) is 19.3 Å². The van der Waals surface area contributed by atoms with Crippen LogP contribution in [-0.4, -0.2) is 50.7 Å². The van der Waals surface area contributed by atoms with Gasteiger partial charge in [0.25, 0.3) is 5.56 Å². The molecule has 8 heteroatoms. The second-order valence-corrected chi connectivity index (χ2v) is 6.61. The number of para-hydroxylation sites is 1. The number of nitrogens with one attached hydrogen (secondary N) is 1. The first-order valence-corrected chi connectivity index (χ1v) is 8.50. The molecule has 1 aliphatic rings. The zero-order valence-electron chi connectivity index (χ0n) is 14.8. The smallest absolute Gasteiger partial charge is 0.262 e. The average molecular weight is 352 g/mol. The molecule has 0 spiro atoms. The monoisotopic (exact) mass is 352 g/mol. The summed E-state index contributed by atoms with van der Waals surface area (Å²) >= 11 is 0. The Labute approximate surface area is 150 Å². The number of hydrogen-bond acceptors (Lipinski definition) is 5. The van der Waals surface area contributed by atoms with Crippen LogP contribution in [0.15, 0.2) is 35.3 Å². The van der Waals surface area contributed by atoms with Crippen molar-refractivity contribution in [2.45, 2.75) is 13.0 Å². The van der Waals surface area contributed by atoms with Gasteiger partial charge in [0.15, 0.2) is 5.65 Å². The molecule has 1 aliphatic heterocycles. The van der Waals surface area contributed by atoms with Gasteiger partial charge in [-0.2, -0.15) is 5.10 Å². The van der Waals surface area contributed by atoms with Crippen molar-refractivity contribution in [2.75, 3.05) is 25.0 Å². The SMILES string of the molecule is CN(CC(=O)N1CCc2ccccc21)Cc1nc2c(cnn2C)c(=O)[nH]1. The highest BCUT2D eigenvalue weighted by Crippen LogP contribution is 2.27. The predicted octanol–water partition coefficient (Wildman–Crippen LogP) is 0.678. The van der Waals surface area contributed by atoms with Crippen LogP contribution in [0, 0.1) is 0 Å². The molecular weight excluding hydrogens is 332 g/mol. The Hall–Kier alpha value is -3.00. The standard InChI is InChI=1S/C18H20N6O2/c1-22(10-15-20-17-13(18(26)21-15)9-19-23(17)2)11-16(25)24-8-7-12-5-3-4-6-14(12)24/h3-6,9H,7-8,10-11H2,1-2H3,(H,20,21,26). The molecule has 134 valence electrons. The van der Waals surface area contributed by atoms with Crippen molar-refractivity contribution in [3.8, 4) is 0 Å². The maximum Gasteiger partial charge on any atom is 0.262 e. The van der Waals surface area contributed by atoms with Crippen LogP contribution in [0.4, 0.5) is 5.69 Å². The third-order valence-electron chi connectivity index (χ3n) is 4.66. The van der Waals surface area contributed by atoms with Crippen molar-refractivity contribution >= 4 is 22.6 Å². The summed E-state index contributed by atoms with van der Waals surface area (Å²) in [5.74, 6) is 0.560. The highest BCUT2D eigenvalue weighted by molar-refractivity contribution is 5.96. The number of aromatic nitrogens is 4. The number of fused-ring (bicyclic) bond motifs is 2. The minimum absolute atomic E-state index is 0.0430. The van der Waals surface area contributed by atoms with Crippen molar-refractivity contribution in [1.29, 1.82) is 0 Å². The van der Waals surface area contributed by atoms with E-state index >= 15 is 0 Å². The summed E-state index contributed by atoms with van der Waals surface area (Å²) in [4.78, 5) is 35.7. The number of benzene rings is 1. The Morgan fingerprint density at radius 1 is 1.35 bits per heavy atom. The van der Waals surface area contributed by atoms with Gasteiger partial charge in [-0.15, -0.1) is 0 Å². The first-order chi connectivity index (χ1) is 12.5. The van der Waals surface area contributed by atoms with E-state index in [1.54, 1.807) is 11.7 Å². The lowest BCUT2D eigenvalue weighted by Crippen LogP contribution is -2.38. The Morgan fingerprint density at radius 2 is 2.15 bits per heavy atom. The summed E-state index contributed by atoms with van der Waals surface area (Å²) in [6.45, 7) is 1.33. The normalized spacial score (nSPS) is 13.6. The van der Waals surface area contributed by atoms with Gasteiger partial charge in [0.1, 0.15) is 11.2 Å². The van der Waals surface area contributed by atoms with Crippen LogP contribution in [0.25, 0.3) is 11.0 Å². The van der Waals surface area contributed by atoms with E-state index in [0.29, 0.717) is 29.9 Å². The van der Waals surface area contributed by atoms with Crippen LogP contribution in [0.1, 0.15) is 11.4 Å². The maximum atomic E-state index is 12.7. The van der Waals surface area contributed by atoms with Gasteiger partial charge < -0.3 is 9.88 Å². The van der Waals surface area contributed by atoms with Crippen molar-refractivity contribution in [3.05, 3.63) is 52.2 Å². The Kier molecular flexibility index (Phi) is 4.04. The van der Waals surface area contributed by atoms with Crippen LogP contribution in [0.2, 0.25) is 0 Å². The molecular formula is C18H20N6O2. The number of anilines is 1. The van der Waals surface area contributed by atoms with Gasteiger partial charge >= 0.3 is 0 Å². The van der Waals surface area contributed by atoms with Crippen LogP contribution in [-0.2, 0) is 24.8 Å². The van der Waals surface area contributed by atoms with E-state index in [4.69, 9.17) is 0 Å². The van der Waals surface area contributed by atoms with Crippen LogP contribution in [0.5, 0.6) is 0 Å². The zero-order valence-corrected chi connectivity index (χ0v) is 14.8. The number of rotatable bonds is 4. The maximum absolute atomic E-state index is 12.7. The molecule has 0 fully saturated rings. The van der Waals surface area contributed by atoms with Gasteiger partial charge in [0, 0.05) is 19.3 Å². The zero-order chi connectivity index (χ0) is 18.3. The first kappa shape index (κ1) is 16.5. The van der Waals surface area contributed by atoms with Gasteiger partial charge in [-0.25, -0.2) is 4.98 Å². The fourth-order valence-electron chi connectivity index (χ4n) is 3.38. The van der Waals surface area contributed by atoms with E-state index in [1.165, 1.54) is 11.8 Å². The van der Waals surface area contributed by atoms with E-state index < -0.39 is 0 Å². The minimum atomic E-state index is -0.216. The molecule has 0 aliphatic carbocycles. The molecule has 1 aromatic carbocycles. The molecule has 1 N–H and O–H groups in total. The molecule has 3 heterocycles. The summed E-state index contributed by atoms with van der Waals surface area (Å²) in [5.41, 5.74) is 2.52. The highest BCUT2D eigenvalue weighted by Gasteiger charge is 2.24. The van der Waals surface area contributed by atoms with Gasteiger partial charge in [0.2, 0.25) is 5.91 Å². The van der Waals surface area contributed by atoms with Crippen LogP contribution in [0.3, 0.4) is 0 Å². The van der Waals surface area contributed by atoms with Gasteiger partial charge in [-0.1, -0.05) is 18.2 Å². The van der Waals surface area contributed by atoms with E-state index in [-0.39, 0.29) is 18.0 Å². The summed E-state index contributed by atoms with van der Waals surface area (Å²) in [5, 5.41) is 4.52. The molecule has 0 unspecified atom stereocenters. The van der Waals surface area contributed by atoms with E-state index in [0.717, 1.165) is 12.1 Å². The summed E-state index contributed by atoms with van der Waals surface area (Å²) in [6.07, 6.45) is 2.39. The lowest BCUT2D eigenvalue weighted by atomic mass is 10.2. The first-order valence-electron chi connectivity index (χ1n) is 8.50. The number of amides is 1. The van der Waals surface area contributed by atoms with E-state index in [9.17, 15) is 9.59 Å². The predicted molar refractivity (Wildman–Crippen MR) is 98.0 cm³/mol. The molecule has 0 atom stereocenters. The lowest BCUT2D eigenvalue weighted by molar-refractivity contribution is -0.119. The molecule has 0 bridgehead atoms. The molecule has 1 amide bonds. The van der Waals surface area contributed by atoms with E-state index in [1.807, 2.05) is 35.0 Å². The molecule has 4 rings (SSSR count). The molecule has 26 heavy (non-hydrogen) atoms. The number of carbonyl (C=O) groups excluding carboxylic acids is 1. The number of aryl methyl sites for hydroxylation is 1. The highest BCUT2D eigenvalue weighted by atomic mass is 16.2. The Morgan fingerprint density at radius 3 is 3.00 bits per heavy atom. The largest absolute Gasteiger partial charge is 0.311 e. The minimum Gasteiger partial charge on any atom is -0.311 e. The fourth-order valence-corrected chi connectivity index (χ4v) is 3.38. The molecule has 0 saturated heterocycles. The quantitative estimate of drug-likeness (QED) is 0.746. The van der Waals surface area contributed by atoms with E-state index in [2.05, 4.69) is 21.1 Å². The summed E-state index contributed by atoms with van der Waals surface area (Å²) in [6, 6.07) is 7.99. The summed E-state index contributed by atoms with van der Waals surface area (Å²) in [7, 11) is 3.59. The van der Waals surface area contributed by atoms with Crippen molar-refractivity contribution in [3.63, 3.8) is 0 Å². The van der Waals surface area contributed by atoms with Gasteiger partial charge in [-0.3, -0.25) is 19.2 Å². The van der Waals surface area contributed by atoms with Crippen molar-refractivity contribution in [2.24, 2.45) is 7.05 Å². The number of H-pyrrole nitrogens is 1. The van der Waals surface area contributed by atoms with Crippen LogP contribution >= 0.6 is 0 Å². The third-order valence-corrected chi connectivity index (χ3v) is 4.66. The van der Waals surface area contributed by atoms with Gasteiger partial charge in [-0.05, 0) is 25.1 Å². The average Bonchev–Trinajstić information content (AvgIpc) is 3.19. The molecule has 8 nitrogen and oxygen atoms in total. The third kappa shape index (κ3) is 2.88. The second-order valence-electron chi connectivity index (χ2n) is 6.61. The Bertz CT molecular complexity index is 1040. The number of aromatic amines is 1. The number of carbonyl (C=O) groups is 1. The van der Waals surface area contributed by atoms with Crippen molar-refractivity contribution < 1.29 is 4.79 Å². The fraction of sp³-hybridized carbons (Fsp3) is 0.333. The number of nitrogens with zero attached hydrogens (tertiary/aromatic N) is 5. The molecule has 3 aromatic rings. The summed E-state index contributed by atoms with van der Waals surface area (Å²) < 4.78 is 1.57. The Balaban J connectivity index is 1.48. The lowest BCUT2D eigenvalue weighted by Gasteiger charge is -2.21. The molecule has 2 aromatic heterocycles. The number of likely N-dealkylation sites (N-methyl/N-ethyl adjacent to an activating group) is 1. The second kappa shape index (κ2) is 6.38. The molecule has 0 saturated carbocycles. The topological polar surface area (TPSA) is 87.1 Å². The number of hydrogen-bond donors (Lipinski definition) is 1. The molecule has 0 radical (unpaired) electrons. The van der Waals surface area contributed by atoms with Crippen LogP contribution < -0.4 is 10.5 Å².